The molecule has 0 aromatic carbocycles. The van der Waals surface area contributed by atoms with Gasteiger partial charge in [0.2, 0.25) is 5.67 Å². The molecule has 0 fully saturated rings. The van der Waals surface area contributed by atoms with Gasteiger partial charge in [-0.25, -0.2) is 4.39 Å². The molecular weight excluding hydrogens is 269 g/mol. The fraction of sp³-hybridized carbons (Fsp3) is 1.00. The van der Waals surface area contributed by atoms with Gasteiger partial charge in [0.15, 0.2) is 0 Å². The molecule has 0 aromatic heterocycles. The summed E-state index contributed by atoms with van der Waals surface area (Å²) in [6.45, 7) is -0.242. The summed E-state index contributed by atoms with van der Waals surface area (Å²) in [5.41, 5.74) is -3.87. The predicted octanol–water partition coefficient (Wildman–Crippen LogP) is 4.01. The lowest BCUT2D eigenvalue weighted by atomic mass is 9.88. The van der Waals surface area contributed by atoms with E-state index in [1.165, 1.54) is 0 Å². The van der Waals surface area contributed by atoms with Crippen LogP contribution in [0, 0.1) is 5.92 Å². The Balaban J connectivity index is 4.70. The molecule has 1 N–H and O–H groups in total. The highest BCUT2D eigenvalue weighted by atomic mass is 19.4. The van der Waals surface area contributed by atoms with Gasteiger partial charge in [0, 0.05) is 13.0 Å². The van der Waals surface area contributed by atoms with Gasteiger partial charge in [0.1, 0.15) is 0 Å². The highest BCUT2D eigenvalue weighted by molar-refractivity contribution is 4.87. The van der Waals surface area contributed by atoms with E-state index >= 15 is 0 Å². The van der Waals surface area contributed by atoms with Crippen molar-refractivity contribution >= 4 is 0 Å². The third-order valence-electron chi connectivity index (χ3n) is 2.64. The zero-order chi connectivity index (χ0) is 14.6. The summed E-state index contributed by atoms with van der Waals surface area (Å²) in [7, 11) is 0. The summed E-state index contributed by atoms with van der Waals surface area (Å²) >= 11 is 0. The van der Waals surface area contributed by atoms with E-state index in [1.807, 2.05) is 0 Å². The number of alkyl halides is 7. The molecule has 0 spiro atoms. The number of aliphatic hydroxyl groups is 1. The zero-order valence-corrected chi connectivity index (χ0v) is 9.71. The minimum absolute atomic E-state index is 0.0433. The number of hydrogen-bond acceptors (Lipinski definition) is 1. The molecule has 2 unspecified atom stereocenters. The topological polar surface area (TPSA) is 20.2 Å². The third-order valence-corrected chi connectivity index (χ3v) is 2.64. The van der Waals surface area contributed by atoms with Crippen LogP contribution >= 0.6 is 0 Å². The summed E-state index contributed by atoms with van der Waals surface area (Å²) in [5, 5.41) is 8.41. The standard InChI is InChI=1S/C10H15F7O/c1-8(11,10(15,16)17)6-7(9(12,13)14)4-2-3-5-18/h7,18H,2-6H2,1H3. The molecule has 0 saturated carbocycles. The van der Waals surface area contributed by atoms with Gasteiger partial charge in [-0.1, -0.05) is 6.42 Å². The largest absolute Gasteiger partial charge is 0.422 e. The van der Waals surface area contributed by atoms with Crippen LogP contribution in [0.5, 0.6) is 0 Å². The first-order valence-corrected chi connectivity index (χ1v) is 5.35. The van der Waals surface area contributed by atoms with Crippen LogP contribution in [0.15, 0.2) is 0 Å². The summed E-state index contributed by atoms with van der Waals surface area (Å²) in [4.78, 5) is 0. The number of hydrogen-bond donors (Lipinski definition) is 1. The number of rotatable bonds is 6. The summed E-state index contributed by atoms with van der Waals surface area (Å²) < 4.78 is 87.2. The average molecular weight is 284 g/mol. The second-order valence-corrected chi connectivity index (χ2v) is 4.36. The molecule has 2 atom stereocenters. The maximum absolute atomic E-state index is 13.2. The summed E-state index contributed by atoms with van der Waals surface area (Å²) in [6, 6.07) is 0. The second kappa shape index (κ2) is 6.08. The molecule has 0 saturated heterocycles. The second-order valence-electron chi connectivity index (χ2n) is 4.36. The fourth-order valence-electron chi connectivity index (χ4n) is 1.46. The minimum atomic E-state index is -5.33. The first-order valence-electron chi connectivity index (χ1n) is 5.35. The van der Waals surface area contributed by atoms with Gasteiger partial charge < -0.3 is 5.11 Å². The van der Waals surface area contributed by atoms with Crippen LogP contribution in [0.2, 0.25) is 0 Å². The normalized spacial score (nSPS) is 18.5. The van der Waals surface area contributed by atoms with Gasteiger partial charge >= 0.3 is 12.4 Å². The van der Waals surface area contributed by atoms with Crippen molar-refractivity contribution in [2.75, 3.05) is 6.61 Å². The number of unbranched alkanes of at least 4 members (excludes halogenated alkanes) is 1. The highest BCUT2D eigenvalue weighted by Crippen LogP contribution is 2.44. The summed E-state index contributed by atoms with van der Waals surface area (Å²) in [6.07, 6.45) is -12.5. The Morgan fingerprint density at radius 2 is 1.44 bits per heavy atom. The van der Waals surface area contributed by atoms with E-state index in [9.17, 15) is 30.7 Å². The lowest BCUT2D eigenvalue weighted by molar-refractivity contribution is -0.248. The maximum Gasteiger partial charge on any atom is 0.422 e. The van der Waals surface area contributed by atoms with Crippen LogP contribution < -0.4 is 0 Å². The zero-order valence-electron chi connectivity index (χ0n) is 9.71. The van der Waals surface area contributed by atoms with Crippen molar-refractivity contribution in [3.63, 3.8) is 0 Å². The van der Waals surface area contributed by atoms with Crippen LogP contribution in [0.1, 0.15) is 32.6 Å². The van der Waals surface area contributed by atoms with E-state index < -0.39 is 36.8 Å². The van der Waals surface area contributed by atoms with Crippen molar-refractivity contribution in [3.8, 4) is 0 Å². The first-order chi connectivity index (χ1) is 7.92. The van der Waals surface area contributed by atoms with Gasteiger partial charge in [-0.2, -0.15) is 26.3 Å². The Bertz CT molecular complexity index is 244. The van der Waals surface area contributed by atoms with Crippen LogP contribution in [0.4, 0.5) is 30.7 Å². The molecule has 110 valence electrons. The Hall–Kier alpha value is -0.530. The van der Waals surface area contributed by atoms with E-state index in [4.69, 9.17) is 5.11 Å². The molecule has 0 aliphatic carbocycles. The van der Waals surface area contributed by atoms with Gasteiger partial charge in [-0.15, -0.1) is 0 Å². The number of aliphatic hydroxyl groups excluding tert-OH is 1. The maximum atomic E-state index is 13.2. The predicted molar refractivity (Wildman–Crippen MR) is 50.7 cm³/mol. The van der Waals surface area contributed by atoms with E-state index in [0.29, 0.717) is 0 Å². The number of halogens is 7. The lowest BCUT2D eigenvalue weighted by Gasteiger charge is -2.29. The molecule has 0 aromatic rings. The molecule has 1 nitrogen and oxygen atoms in total. The van der Waals surface area contributed by atoms with E-state index in [-0.39, 0.29) is 26.4 Å². The van der Waals surface area contributed by atoms with Crippen LogP contribution in [0.25, 0.3) is 0 Å². The van der Waals surface area contributed by atoms with Gasteiger partial charge in [0.25, 0.3) is 0 Å². The molecule has 0 heterocycles. The van der Waals surface area contributed by atoms with Crippen molar-refractivity contribution in [2.24, 2.45) is 5.92 Å². The smallest absolute Gasteiger partial charge is 0.396 e. The van der Waals surface area contributed by atoms with Crippen LogP contribution in [-0.2, 0) is 0 Å². The Labute approximate surface area is 100.0 Å². The van der Waals surface area contributed by atoms with Gasteiger partial charge in [0.05, 0.1) is 5.92 Å². The van der Waals surface area contributed by atoms with Crippen molar-refractivity contribution in [1.82, 2.24) is 0 Å². The third kappa shape index (κ3) is 5.41. The Kier molecular flexibility index (Phi) is 5.90. The molecular formula is C10H15F7O. The molecule has 0 radical (unpaired) electrons. The van der Waals surface area contributed by atoms with Gasteiger partial charge in [-0.3, -0.25) is 0 Å². The molecule has 8 heteroatoms. The van der Waals surface area contributed by atoms with Crippen LogP contribution in [0.3, 0.4) is 0 Å². The summed E-state index contributed by atoms with van der Waals surface area (Å²) in [5.74, 6) is -2.36. The Morgan fingerprint density at radius 3 is 1.78 bits per heavy atom. The molecule has 0 aliphatic heterocycles. The average Bonchev–Trinajstić information content (AvgIpc) is 2.13. The molecule has 18 heavy (non-hydrogen) atoms. The monoisotopic (exact) mass is 284 g/mol. The van der Waals surface area contributed by atoms with Crippen molar-refractivity contribution in [2.45, 2.75) is 50.6 Å². The van der Waals surface area contributed by atoms with E-state index in [0.717, 1.165) is 0 Å². The van der Waals surface area contributed by atoms with E-state index in [2.05, 4.69) is 0 Å². The Morgan fingerprint density at radius 1 is 0.944 bits per heavy atom. The molecule has 0 bridgehead atoms. The SMILES string of the molecule is CC(F)(CC(CCCCO)C(F)(F)F)C(F)(F)F. The van der Waals surface area contributed by atoms with Crippen molar-refractivity contribution in [1.29, 1.82) is 0 Å². The van der Waals surface area contributed by atoms with Crippen LogP contribution in [-0.4, -0.2) is 29.7 Å². The molecule has 0 amide bonds. The minimum Gasteiger partial charge on any atom is -0.396 e. The molecule has 0 rings (SSSR count). The fourth-order valence-corrected chi connectivity index (χ4v) is 1.46. The molecule has 0 aliphatic rings. The van der Waals surface area contributed by atoms with Crippen molar-refractivity contribution in [3.05, 3.63) is 0 Å². The van der Waals surface area contributed by atoms with Gasteiger partial charge in [-0.05, 0) is 19.8 Å². The van der Waals surface area contributed by atoms with E-state index in [1.54, 1.807) is 0 Å². The first kappa shape index (κ1) is 17.5. The quantitative estimate of drug-likeness (QED) is 0.577. The van der Waals surface area contributed by atoms with Crippen molar-refractivity contribution < 1.29 is 35.8 Å². The highest BCUT2D eigenvalue weighted by Gasteiger charge is 2.56. The lowest BCUT2D eigenvalue weighted by Crippen LogP contribution is -2.42.